The van der Waals surface area contributed by atoms with Crippen LogP contribution in [0.25, 0.3) is 11.0 Å². The van der Waals surface area contributed by atoms with Crippen LogP contribution in [0.5, 0.6) is 0 Å². The zero-order chi connectivity index (χ0) is 22.8. The fourth-order valence-electron chi connectivity index (χ4n) is 4.51. The molecule has 1 aliphatic rings. The number of unbranched alkanes of at least 4 members (excludes halogenated alkanes) is 1. The predicted molar refractivity (Wildman–Crippen MR) is 126 cm³/mol. The van der Waals surface area contributed by atoms with Crippen LogP contribution in [0, 0.1) is 20.8 Å². The standard InChI is InChI=1S/C24H35N7O/c1-6-8-9-31-23-22(19(5)27-31)21(14-17(3)25-23)24(32)29-12-10-28(11-13-29)15-20-16-30(7-2)26-18(20)4/h14,16H,6-13,15H2,1-5H3. The molecule has 0 N–H and O–H groups in total. The Hall–Kier alpha value is -2.74. The molecule has 1 amide bonds. The normalized spacial score (nSPS) is 15.1. The van der Waals surface area contributed by atoms with Crippen LogP contribution < -0.4 is 0 Å². The van der Waals surface area contributed by atoms with Gasteiger partial charge in [0.2, 0.25) is 0 Å². The van der Waals surface area contributed by atoms with Gasteiger partial charge in [0.05, 0.1) is 22.3 Å². The Morgan fingerprint density at radius 3 is 2.44 bits per heavy atom. The van der Waals surface area contributed by atoms with Crippen molar-refractivity contribution in [1.82, 2.24) is 34.3 Å². The molecule has 1 fully saturated rings. The van der Waals surface area contributed by atoms with Crippen LogP contribution in [-0.2, 0) is 19.6 Å². The lowest BCUT2D eigenvalue weighted by Gasteiger charge is -2.34. The molecular formula is C24H35N7O. The average molecular weight is 438 g/mol. The topological polar surface area (TPSA) is 72.1 Å². The van der Waals surface area contributed by atoms with E-state index in [9.17, 15) is 4.79 Å². The van der Waals surface area contributed by atoms with E-state index in [0.29, 0.717) is 0 Å². The molecule has 1 saturated heterocycles. The van der Waals surface area contributed by atoms with Crippen LogP contribution in [0.4, 0.5) is 0 Å². The van der Waals surface area contributed by atoms with Crippen molar-refractivity contribution in [2.45, 2.75) is 67.1 Å². The second-order valence-electron chi connectivity index (χ2n) is 8.84. The SMILES string of the molecule is CCCCn1nc(C)c2c(C(=O)N3CCN(Cc4cn(CC)nc4C)CC3)cc(C)nc21. The van der Waals surface area contributed by atoms with Gasteiger partial charge in [-0.25, -0.2) is 9.67 Å². The van der Waals surface area contributed by atoms with Crippen LogP contribution in [0.1, 0.15) is 59.7 Å². The first-order valence-electron chi connectivity index (χ1n) is 11.8. The van der Waals surface area contributed by atoms with Crippen molar-refractivity contribution in [3.8, 4) is 0 Å². The Morgan fingerprint density at radius 1 is 1.03 bits per heavy atom. The number of aromatic nitrogens is 5. The van der Waals surface area contributed by atoms with Crippen LogP contribution in [0.3, 0.4) is 0 Å². The highest BCUT2D eigenvalue weighted by atomic mass is 16.2. The maximum atomic E-state index is 13.5. The smallest absolute Gasteiger partial charge is 0.254 e. The number of fused-ring (bicyclic) bond motifs is 1. The first-order valence-corrected chi connectivity index (χ1v) is 11.8. The number of carbonyl (C=O) groups is 1. The molecule has 0 spiro atoms. The minimum absolute atomic E-state index is 0.0910. The zero-order valence-corrected chi connectivity index (χ0v) is 20.1. The number of nitrogens with zero attached hydrogens (tertiary/aromatic N) is 7. The lowest BCUT2D eigenvalue weighted by molar-refractivity contribution is 0.0630. The Kier molecular flexibility index (Phi) is 6.60. The number of pyridine rings is 1. The summed E-state index contributed by atoms with van der Waals surface area (Å²) < 4.78 is 3.96. The van der Waals surface area contributed by atoms with E-state index in [1.54, 1.807) is 0 Å². The average Bonchev–Trinajstić information content (AvgIpc) is 3.30. The van der Waals surface area contributed by atoms with Gasteiger partial charge in [-0.15, -0.1) is 0 Å². The molecule has 4 rings (SSSR count). The van der Waals surface area contributed by atoms with Crippen molar-refractivity contribution in [3.63, 3.8) is 0 Å². The molecule has 172 valence electrons. The first kappa shape index (κ1) is 22.5. The van der Waals surface area contributed by atoms with Crippen LogP contribution in [-0.4, -0.2) is 66.4 Å². The molecule has 0 atom stereocenters. The van der Waals surface area contributed by atoms with E-state index in [4.69, 9.17) is 10.1 Å². The van der Waals surface area contributed by atoms with Crippen molar-refractivity contribution in [3.05, 3.63) is 40.5 Å². The summed E-state index contributed by atoms with van der Waals surface area (Å²) in [6, 6.07) is 1.93. The van der Waals surface area contributed by atoms with Gasteiger partial charge >= 0.3 is 0 Å². The number of aryl methyl sites for hydroxylation is 5. The predicted octanol–water partition coefficient (Wildman–Crippen LogP) is 3.33. The molecule has 0 unspecified atom stereocenters. The van der Waals surface area contributed by atoms with Gasteiger partial charge in [-0.3, -0.25) is 14.4 Å². The van der Waals surface area contributed by atoms with Crippen LogP contribution in [0.2, 0.25) is 0 Å². The quantitative estimate of drug-likeness (QED) is 0.567. The number of carbonyl (C=O) groups excluding carboxylic acids is 1. The first-order chi connectivity index (χ1) is 15.4. The largest absolute Gasteiger partial charge is 0.336 e. The molecule has 3 aromatic heterocycles. The molecule has 0 aliphatic carbocycles. The summed E-state index contributed by atoms with van der Waals surface area (Å²) in [5.74, 6) is 0.0910. The third-order valence-corrected chi connectivity index (χ3v) is 6.38. The molecule has 8 nitrogen and oxygen atoms in total. The highest BCUT2D eigenvalue weighted by molar-refractivity contribution is 6.06. The molecule has 4 heterocycles. The minimum atomic E-state index is 0.0910. The third-order valence-electron chi connectivity index (χ3n) is 6.38. The molecule has 0 radical (unpaired) electrons. The highest BCUT2D eigenvalue weighted by Crippen LogP contribution is 2.25. The number of hydrogen-bond acceptors (Lipinski definition) is 5. The zero-order valence-electron chi connectivity index (χ0n) is 20.1. The monoisotopic (exact) mass is 437 g/mol. The highest BCUT2D eigenvalue weighted by Gasteiger charge is 2.26. The summed E-state index contributed by atoms with van der Waals surface area (Å²) in [5, 5.41) is 10.2. The van der Waals surface area contributed by atoms with Gasteiger partial charge in [-0.1, -0.05) is 13.3 Å². The fraction of sp³-hybridized carbons (Fsp3) is 0.583. The van der Waals surface area contributed by atoms with Crippen molar-refractivity contribution in [2.75, 3.05) is 26.2 Å². The van der Waals surface area contributed by atoms with Crippen LogP contribution >= 0.6 is 0 Å². The second-order valence-corrected chi connectivity index (χ2v) is 8.84. The fourth-order valence-corrected chi connectivity index (χ4v) is 4.51. The summed E-state index contributed by atoms with van der Waals surface area (Å²) in [7, 11) is 0. The maximum absolute atomic E-state index is 13.5. The molecule has 0 saturated carbocycles. The lowest BCUT2D eigenvalue weighted by Crippen LogP contribution is -2.48. The van der Waals surface area contributed by atoms with Gasteiger partial charge in [-0.05, 0) is 40.2 Å². The lowest BCUT2D eigenvalue weighted by atomic mass is 10.1. The van der Waals surface area contributed by atoms with E-state index in [1.807, 2.05) is 34.2 Å². The van der Waals surface area contributed by atoms with E-state index in [-0.39, 0.29) is 5.91 Å². The van der Waals surface area contributed by atoms with Gasteiger partial charge in [0, 0.05) is 63.3 Å². The molecule has 32 heavy (non-hydrogen) atoms. The Labute approximate surface area is 190 Å². The maximum Gasteiger partial charge on any atom is 0.254 e. The van der Waals surface area contributed by atoms with Gasteiger partial charge in [0.15, 0.2) is 5.65 Å². The Balaban J connectivity index is 1.49. The molecule has 0 bridgehead atoms. The molecule has 3 aromatic rings. The number of rotatable bonds is 7. The van der Waals surface area contributed by atoms with Crippen molar-refractivity contribution >= 4 is 16.9 Å². The number of amides is 1. The van der Waals surface area contributed by atoms with Gasteiger partial charge < -0.3 is 4.90 Å². The van der Waals surface area contributed by atoms with E-state index in [2.05, 4.69) is 37.0 Å². The van der Waals surface area contributed by atoms with Crippen molar-refractivity contribution < 1.29 is 4.79 Å². The second kappa shape index (κ2) is 9.40. The summed E-state index contributed by atoms with van der Waals surface area (Å²) in [6.45, 7) is 16.1. The molecule has 0 aromatic carbocycles. The van der Waals surface area contributed by atoms with E-state index in [1.165, 1.54) is 5.56 Å². The summed E-state index contributed by atoms with van der Waals surface area (Å²) in [6.07, 6.45) is 4.29. The summed E-state index contributed by atoms with van der Waals surface area (Å²) in [4.78, 5) is 22.7. The minimum Gasteiger partial charge on any atom is -0.336 e. The molecular weight excluding hydrogens is 402 g/mol. The van der Waals surface area contributed by atoms with Crippen LogP contribution in [0.15, 0.2) is 12.3 Å². The van der Waals surface area contributed by atoms with E-state index < -0.39 is 0 Å². The molecule has 1 aliphatic heterocycles. The number of piperazine rings is 1. The van der Waals surface area contributed by atoms with Crippen molar-refractivity contribution in [2.24, 2.45) is 0 Å². The van der Waals surface area contributed by atoms with E-state index in [0.717, 1.165) is 92.3 Å². The Morgan fingerprint density at radius 2 is 1.78 bits per heavy atom. The summed E-state index contributed by atoms with van der Waals surface area (Å²) in [5.41, 5.74) is 5.68. The van der Waals surface area contributed by atoms with Crippen molar-refractivity contribution in [1.29, 1.82) is 0 Å². The summed E-state index contributed by atoms with van der Waals surface area (Å²) >= 11 is 0. The molecule has 8 heteroatoms. The van der Waals surface area contributed by atoms with E-state index >= 15 is 0 Å². The van der Waals surface area contributed by atoms with Gasteiger partial charge in [0.25, 0.3) is 5.91 Å². The third kappa shape index (κ3) is 4.41. The number of hydrogen-bond donors (Lipinski definition) is 0. The van der Waals surface area contributed by atoms with Gasteiger partial charge in [0.1, 0.15) is 0 Å². The van der Waals surface area contributed by atoms with Gasteiger partial charge in [-0.2, -0.15) is 10.2 Å². The Bertz CT molecular complexity index is 1110.